The summed E-state index contributed by atoms with van der Waals surface area (Å²) < 4.78 is 10.1. The highest BCUT2D eigenvalue weighted by Crippen LogP contribution is 2.20. The van der Waals surface area contributed by atoms with Crippen molar-refractivity contribution in [2.24, 2.45) is 5.92 Å². The topological polar surface area (TPSA) is 59.8 Å². The number of hydrogen-bond donors (Lipinski definition) is 0. The highest BCUT2D eigenvalue weighted by Gasteiger charge is 2.30. The van der Waals surface area contributed by atoms with E-state index in [-0.39, 0.29) is 17.8 Å². The molecular formula is C13H17NO4. The van der Waals surface area contributed by atoms with E-state index in [0.717, 1.165) is 12.8 Å². The molecule has 1 amide bonds. The number of esters is 1. The van der Waals surface area contributed by atoms with Crippen LogP contribution in [-0.4, -0.2) is 36.5 Å². The molecule has 0 N–H and O–H groups in total. The van der Waals surface area contributed by atoms with Crippen molar-refractivity contribution in [1.82, 2.24) is 4.90 Å². The van der Waals surface area contributed by atoms with E-state index >= 15 is 0 Å². The molecule has 1 saturated heterocycles. The predicted molar refractivity (Wildman–Crippen MR) is 64.0 cm³/mol. The maximum absolute atomic E-state index is 12.1. The molecule has 98 valence electrons. The van der Waals surface area contributed by atoms with Gasteiger partial charge >= 0.3 is 5.97 Å². The van der Waals surface area contributed by atoms with Gasteiger partial charge in [0.15, 0.2) is 5.76 Å². The maximum atomic E-state index is 12.1. The third kappa shape index (κ3) is 2.72. The number of hydrogen-bond acceptors (Lipinski definition) is 4. The Morgan fingerprint density at radius 2 is 2.39 bits per heavy atom. The Bertz CT molecular complexity index is 413. The van der Waals surface area contributed by atoms with E-state index in [1.807, 2.05) is 0 Å². The van der Waals surface area contributed by atoms with Gasteiger partial charge < -0.3 is 14.1 Å². The van der Waals surface area contributed by atoms with Crippen molar-refractivity contribution in [3.63, 3.8) is 0 Å². The fourth-order valence-corrected chi connectivity index (χ4v) is 2.17. The second kappa shape index (κ2) is 5.71. The van der Waals surface area contributed by atoms with E-state index in [0.29, 0.717) is 25.5 Å². The molecule has 5 heteroatoms. The van der Waals surface area contributed by atoms with Gasteiger partial charge in [0.25, 0.3) is 5.91 Å². The summed E-state index contributed by atoms with van der Waals surface area (Å²) in [4.78, 5) is 25.4. The van der Waals surface area contributed by atoms with Crippen LogP contribution in [-0.2, 0) is 9.53 Å². The Kier molecular flexibility index (Phi) is 4.02. The van der Waals surface area contributed by atoms with Crippen molar-refractivity contribution in [2.75, 3.05) is 19.7 Å². The molecule has 0 saturated carbocycles. The quantitative estimate of drug-likeness (QED) is 0.767. The number of likely N-dealkylation sites (tertiary alicyclic amines) is 1. The minimum atomic E-state index is -0.213. The molecule has 2 heterocycles. The zero-order valence-electron chi connectivity index (χ0n) is 10.4. The second-order valence-electron chi connectivity index (χ2n) is 4.32. The standard InChI is InChI=1S/C13H17NO4/c1-2-17-13(16)10-5-3-7-14(9-10)12(15)11-6-4-8-18-11/h4,6,8,10H,2-3,5,7,9H2,1H3. The Balaban J connectivity index is 1.98. The Labute approximate surface area is 106 Å². The van der Waals surface area contributed by atoms with E-state index in [1.54, 1.807) is 24.0 Å². The number of ether oxygens (including phenoxy) is 1. The van der Waals surface area contributed by atoms with Crippen LogP contribution >= 0.6 is 0 Å². The van der Waals surface area contributed by atoms with Gasteiger partial charge in [0, 0.05) is 13.1 Å². The van der Waals surface area contributed by atoms with Gasteiger partial charge in [-0.15, -0.1) is 0 Å². The van der Waals surface area contributed by atoms with Gasteiger partial charge in [-0.3, -0.25) is 9.59 Å². The molecule has 0 aromatic carbocycles. The van der Waals surface area contributed by atoms with Gasteiger partial charge in [-0.1, -0.05) is 0 Å². The molecule has 1 aliphatic rings. The average Bonchev–Trinajstić information content (AvgIpc) is 2.92. The molecule has 5 nitrogen and oxygen atoms in total. The maximum Gasteiger partial charge on any atom is 0.310 e. The first-order valence-corrected chi connectivity index (χ1v) is 6.21. The first-order valence-electron chi connectivity index (χ1n) is 6.21. The monoisotopic (exact) mass is 251 g/mol. The summed E-state index contributed by atoms with van der Waals surface area (Å²) in [5.74, 6) is -0.263. The van der Waals surface area contributed by atoms with Crippen molar-refractivity contribution in [3.05, 3.63) is 24.2 Å². The molecule has 0 spiro atoms. The summed E-state index contributed by atoms with van der Waals surface area (Å²) in [5, 5.41) is 0. The molecule has 0 radical (unpaired) electrons. The van der Waals surface area contributed by atoms with Crippen LogP contribution < -0.4 is 0 Å². The van der Waals surface area contributed by atoms with Gasteiger partial charge in [0.05, 0.1) is 18.8 Å². The zero-order chi connectivity index (χ0) is 13.0. The summed E-state index contributed by atoms with van der Waals surface area (Å²) in [6.07, 6.45) is 3.07. The molecule has 0 aliphatic carbocycles. The number of amides is 1. The van der Waals surface area contributed by atoms with Gasteiger partial charge in [-0.05, 0) is 31.9 Å². The number of rotatable bonds is 3. The largest absolute Gasteiger partial charge is 0.466 e. The van der Waals surface area contributed by atoms with Crippen LogP contribution in [0.5, 0.6) is 0 Å². The molecule has 2 rings (SSSR count). The normalized spacial score (nSPS) is 19.6. The zero-order valence-corrected chi connectivity index (χ0v) is 10.4. The molecule has 18 heavy (non-hydrogen) atoms. The van der Waals surface area contributed by atoms with Crippen LogP contribution in [0.2, 0.25) is 0 Å². The van der Waals surface area contributed by atoms with Crippen molar-refractivity contribution < 1.29 is 18.7 Å². The van der Waals surface area contributed by atoms with Crippen molar-refractivity contribution in [2.45, 2.75) is 19.8 Å². The van der Waals surface area contributed by atoms with Crippen molar-refractivity contribution >= 4 is 11.9 Å². The molecule has 1 atom stereocenters. The highest BCUT2D eigenvalue weighted by atomic mass is 16.5. The lowest BCUT2D eigenvalue weighted by Crippen LogP contribution is -2.42. The van der Waals surface area contributed by atoms with Crippen molar-refractivity contribution in [1.29, 1.82) is 0 Å². The SMILES string of the molecule is CCOC(=O)C1CCCN(C(=O)c2ccco2)C1. The fraction of sp³-hybridized carbons (Fsp3) is 0.538. The van der Waals surface area contributed by atoms with Crippen LogP contribution in [0.4, 0.5) is 0 Å². The molecule has 1 aromatic rings. The first-order chi connectivity index (χ1) is 8.72. The number of carbonyl (C=O) groups is 2. The third-order valence-electron chi connectivity index (χ3n) is 3.06. The van der Waals surface area contributed by atoms with Crippen LogP contribution in [0, 0.1) is 5.92 Å². The summed E-state index contributed by atoms with van der Waals surface area (Å²) in [7, 11) is 0. The molecule has 1 aromatic heterocycles. The number of furan rings is 1. The third-order valence-corrected chi connectivity index (χ3v) is 3.06. The Morgan fingerprint density at radius 3 is 3.06 bits per heavy atom. The minimum Gasteiger partial charge on any atom is -0.466 e. The van der Waals surface area contributed by atoms with E-state index in [4.69, 9.17) is 9.15 Å². The summed E-state index contributed by atoms with van der Waals surface area (Å²) >= 11 is 0. The fourth-order valence-electron chi connectivity index (χ4n) is 2.17. The Morgan fingerprint density at radius 1 is 1.56 bits per heavy atom. The van der Waals surface area contributed by atoms with Crippen molar-refractivity contribution in [3.8, 4) is 0 Å². The lowest BCUT2D eigenvalue weighted by atomic mass is 9.98. The summed E-state index contributed by atoms with van der Waals surface area (Å²) in [6, 6.07) is 3.32. The average molecular weight is 251 g/mol. The van der Waals surface area contributed by atoms with E-state index < -0.39 is 0 Å². The lowest BCUT2D eigenvalue weighted by Gasteiger charge is -2.30. The van der Waals surface area contributed by atoms with E-state index in [9.17, 15) is 9.59 Å². The van der Waals surface area contributed by atoms with Gasteiger partial charge in [0.1, 0.15) is 0 Å². The number of nitrogens with zero attached hydrogens (tertiary/aromatic N) is 1. The number of piperidine rings is 1. The Hall–Kier alpha value is -1.78. The van der Waals surface area contributed by atoms with Crippen LogP contribution in [0.1, 0.15) is 30.3 Å². The first kappa shape index (κ1) is 12.7. The predicted octanol–water partition coefficient (Wildman–Crippen LogP) is 1.69. The van der Waals surface area contributed by atoms with E-state index in [2.05, 4.69) is 0 Å². The van der Waals surface area contributed by atoms with Gasteiger partial charge in [-0.2, -0.15) is 0 Å². The molecule has 1 unspecified atom stereocenters. The van der Waals surface area contributed by atoms with Crippen LogP contribution in [0.3, 0.4) is 0 Å². The second-order valence-corrected chi connectivity index (χ2v) is 4.32. The number of carbonyl (C=O) groups excluding carboxylic acids is 2. The highest BCUT2D eigenvalue weighted by molar-refractivity contribution is 5.91. The molecule has 1 aliphatic heterocycles. The molecule has 0 bridgehead atoms. The van der Waals surface area contributed by atoms with Gasteiger partial charge in [-0.25, -0.2) is 0 Å². The summed E-state index contributed by atoms with van der Waals surface area (Å²) in [5.41, 5.74) is 0. The van der Waals surface area contributed by atoms with Crippen LogP contribution in [0.25, 0.3) is 0 Å². The minimum absolute atomic E-state index is 0.158. The van der Waals surface area contributed by atoms with Gasteiger partial charge in [0.2, 0.25) is 0 Å². The lowest BCUT2D eigenvalue weighted by molar-refractivity contribution is -0.149. The van der Waals surface area contributed by atoms with Crippen LogP contribution in [0.15, 0.2) is 22.8 Å². The molecule has 1 fully saturated rings. The summed E-state index contributed by atoms with van der Waals surface area (Å²) in [6.45, 7) is 3.24. The smallest absolute Gasteiger partial charge is 0.310 e. The molecular weight excluding hydrogens is 234 g/mol. The van der Waals surface area contributed by atoms with E-state index in [1.165, 1.54) is 6.26 Å².